The monoisotopic (exact) mass is 584 g/mol. The molecule has 0 spiro atoms. The van der Waals surface area contributed by atoms with Crippen molar-refractivity contribution in [1.82, 2.24) is 0 Å². The van der Waals surface area contributed by atoms with Crippen molar-refractivity contribution in [2.75, 3.05) is 0 Å². The molecule has 0 saturated heterocycles. The Hall–Kier alpha value is 2.19. The topological polar surface area (TPSA) is 0 Å². The quantitative estimate of drug-likeness (QED) is 0.429. The van der Waals surface area contributed by atoms with E-state index < -0.39 is 46.7 Å². The number of halogens is 2. The third-order valence-corrected chi connectivity index (χ3v) is 53.7. The zero-order valence-electron chi connectivity index (χ0n) is 8.16. The van der Waals surface area contributed by atoms with Crippen LogP contribution in [0.5, 0.6) is 0 Å². The summed E-state index contributed by atoms with van der Waals surface area (Å²) in [6.45, 7) is 6.77. The summed E-state index contributed by atoms with van der Waals surface area (Å²) in [5, 5.41) is 0. The molecule has 0 rings (SSSR count). The first-order valence-electron chi connectivity index (χ1n) is 4.51. The molecule has 0 aliphatic carbocycles. The molecule has 0 unspecified atom stereocenters. The molecule has 0 aromatic rings. The molecule has 0 aromatic carbocycles. The SMILES string of the molecule is CCC(CC)C(C)=[C]([Hg][Cl])[Hg][Cl]. The number of rotatable bonds is 5. The minimum atomic E-state index is -1.14. The van der Waals surface area contributed by atoms with E-state index in [4.69, 9.17) is 16.5 Å². The fourth-order valence-corrected chi connectivity index (χ4v) is 33.7. The maximum absolute atomic E-state index is 6.06. The Morgan fingerprint density at radius 3 is 1.83 bits per heavy atom. The van der Waals surface area contributed by atoms with E-state index in [2.05, 4.69) is 20.8 Å². The standard InChI is InChI=1S/C8H14.2ClH.2Hg/c1-5-8(6-2)7(3)4;;;;/h8H,5-6H2,1-3H3;2*1H;;/q;;;2*+1/p-2. The van der Waals surface area contributed by atoms with Crippen molar-refractivity contribution in [1.29, 1.82) is 0 Å². The molecule has 0 saturated carbocycles. The van der Waals surface area contributed by atoms with Gasteiger partial charge in [-0.3, -0.25) is 0 Å². The number of hydrogen-bond donors (Lipinski definition) is 0. The molecule has 64 valence electrons. The summed E-state index contributed by atoms with van der Waals surface area (Å²) >= 11 is -2.29. The average Bonchev–Trinajstić information content (AvgIpc) is 2.09. The van der Waals surface area contributed by atoms with Crippen LogP contribution in [0.1, 0.15) is 33.6 Å². The molecule has 0 atom stereocenters. The van der Waals surface area contributed by atoms with E-state index in [9.17, 15) is 0 Å². The van der Waals surface area contributed by atoms with Gasteiger partial charge in [0.25, 0.3) is 0 Å². The fraction of sp³-hybridized carbons (Fsp3) is 0.750. The molecule has 0 N–H and O–H groups in total. The van der Waals surface area contributed by atoms with Crippen LogP contribution in [0.4, 0.5) is 0 Å². The summed E-state index contributed by atoms with van der Waals surface area (Å²) in [6, 6.07) is 0. The second-order valence-electron chi connectivity index (χ2n) is 3.07. The van der Waals surface area contributed by atoms with Gasteiger partial charge in [0.1, 0.15) is 0 Å². The van der Waals surface area contributed by atoms with Crippen LogP contribution in [0.25, 0.3) is 0 Å². The fourth-order valence-electron chi connectivity index (χ4n) is 1.44. The Balaban J connectivity index is 4.46. The molecular formula is C8H14Cl2Hg2. The Bertz CT molecular complexity index is 147. The molecule has 0 aliphatic heterocycles. The summed E-state index contributed by atoms with van der Waals surface area (Å²) < 4.78 is 1.65. The van der Waals surface area contributed by atoms with Gasteiger partial charge in [-0.05, 0) is 0 Å². The molecule has 0 bridgehead atoms. The van der Waals surface area contributed by atoms with Gasteiger partial charge in [-0.25, -0.2) is 0 Å². The maximum atomic E-state index is 6.06. The zero-order valence-corrected chi connectivity index (χ0v) is 20.7. The van der Waals surface area contributed by atoms with Crippen molar-refractivity contribution in [3.05, 3.63) is 6.16 Å². The molecule has 0 aliphatic rings. The summed E-state index contributed by atoms with van der Waals surface area (Å²) in [4.78, 5) is 0. The van der Waals surface area contributed by atoms with E-state index in [0.717, 1.165) is 5.92 Å². The first-order valence-corrected chi connectivity index (χ1v) is 23.5. The first-order chi connectivity index (χ1) is 5.71. The van der Waals surface area contributed by atoms with E-state index in [-0.39, 0.29) is 0 Å². The van der Waals surface area contributed by atoms with Crippen molar-refractivity contribution < 1.29 is 46.7 Å². The zero-order chi connectivity index (χ0) is 9.56. The first kappa shape index (κ1) is 14.2. The van der Waals surface area contributed by atoms with Gasteiger partial charge in [0, 0.05) is 0 Å². The normalized spacial score (nSPS) is 9.17. The molecule has 0 fully saturated rings. The van der Waals surface area contributed by atoms with Crippen molar-refractivity contribution >= 4 is 16.5 Å². The van der Waals surface area contributed by atoms with Gasteiger partial charge >= 0.3 is 109 Å². The summed E-state index contributed by atoms with van der Waals surface area (Å²) in [7, 11) is 12.1. The van der Waals surface area contributed by atoms with Gasteiger partial charge in [0.15, 0.2) is 0 Å². The van der Waals surface area contributed by atoms with Crippen LogP contribution in [-0.4, -0.2) is 0 Å². The van der Waals surface area contributed by atoms with Crippen LogP contribution in [0.15, 0.2) is 6.16 Å². The third-order valence-electron chi connectivity index (χ3n) is 2.48. The molecular weight excluding hydrogens is 568 g/mol. The van der Waals surface area contributed by atoms with E-state index in [1.807, 2.05) is 0 Å². The number of hydrogen-bond acceptors (Lipinski definition) is 0. The van der Waals surface area contributed by atoms with Crippen LogP contribution in [-0.2, 0) is 46.7 Å². The van der Waals surface area contributed by atoms with E-state index in [1.165, 1.54) is 12.8 Å². The predicted molar refractivity (Wildman–Crippen MR) is 48.5 cm³/mol. The Morgan fingerprint density at radius 2 is 1.58 bits per heavy atom. The Kier molecular flexibility index (Phi) is 10.0. The second-order valence-corrected chi connectivity index (χ2v) is 31.6. The molecule has 12 heavy (non-hydrogen) atoms. The van der Waals surface area contributed by atoms with Crippen molar-refractivity contribution in [2.45, 2.75) is 33.6 Å². The van der Waals surface area contributed by atoms with E-state index in [1.54, 1.807) is 6.16 Å². The molecule has 0 radical (unpaired) electrons. The molecule has 4 heteroatoms. The van der Waals surface area contributed by atoms with Gasteiger partial charge in [-0.1, -0.05) is 0 Å². The average molecular weight is 582 g/mol. The van der Waals surface area contributed by atoms with Gasteiger partial charge in [-0.15, -0.1) is 0 Å². The number of allylic oxidation sites excluding steroid dienone is 1. The van der Waals surface area contributed by atoms with Crippen LogP contribution >= 0.6 is 16.5 Å². The second kappa shape index (κ2) is 8.49. The molecule has 0 heterocycles. The van der Waals surface area contributed by atoms with Crippen molar-refractivity contribution in [3.63, 3.8) is 0 Å². The third kappa shape index (κ3) is 4.61. The Labute approximate surface area is 107 Å². The van der Waals surface area contributed by atoms with Gasteiger partial charge in [-0.2, -0.15) is 0 Å². The van der Waals surface area contributed by atoms with Crippen LogP contribution in [0, 0.1) is 5.92 Å². The molecule has 0 aromatic heterocycles. The summed E-state index contributed by atoms with van der Waals surface area (Å²) in [6.07, 6.45) is 2.50. The molecule has 0 amide bonds. The van der Waals surface area contributed by atoms with Gasteiger partial charge < -0.3 is 0 Å². The van der Waals surface area contributed by atoms with Crippen LogP contribution < -0.4 is 0 Å². The van der Waals surface area contributed by atoms with Crippen molar-refractivity contribution in [2.24, 2.45) is 5.92 Å². The van der Waals surface area contributed by atoms with E-state index >= 15 is 0 Å². The van der Waals surface area contributed by atoms with Crippen molar-refractivity contribution in [3.8, 4) is 0 Å². The van der Waals surface area contributed by atoms with E-state index in [0.29, 0.717) is 0 Å². The summed E-state index contributed by atoms with van der Waals surface area (Å²) in [5.41, 5.74) is 1.59. The minimum absolute atomic E-state index is 0.775. The predicted octanol–water partition coefficient (Wildman–Crippen LogP) is 4.13. The molecule has 0 nitrogen and oxygen atoms in total. The van der Waals surface area contributed by atoms with Crippen LogP contribution in [0.3, 0.4) is 0 Å². The van der Waals surface area contributed by atoms with Crippen LogP contribution in [0.2, 0.25) is 0 Å². The summed E-state index contributed by atoms with van der Waals surface area (Å²) in [5.74, 6) is 0.775. The van der Waals surface area contributed by atoms with Gasteiger partial charge in [0.2, 0.25) is 0 Å². The Morgan fingerprint density at radius 1 is 1.17 bits per heavy atom. The van der Waals surface area contributed by atoms with Gasteiger partial charge in [0.05, 0.1) is 0 Å².